The van der Waals surface area contributed by atoms with E-state index in [1.807, 2.05) is 0 Å². The minimum atomic E-state index is -4.72. The number of carboxylic acids is 1. The molecule has 3 atom stereocenters. The fraction of sp³-hybridized carbons (Fsp3) is 0.948. The van der Waals surface area contributed by atoms with Crippen LogP contribution in [-0.2, 0) is 37.5 Å². The summed E-state index contributed by atoms with van der Waals surface area (Å²) < 4.78 is 33.0. The third-order valence-electron chi connectivity index (χ3n) is 13.9. The monoisotopic (exact) mass is 1020 g/mol. The molecule has 0 aromatic rings. The lowest BCUT2D eigenvalue weighted by Gasteiger charge is -2.20. The van der Waals surface area contributed by atoms with Gasteiger partial charge in [-0.05, 0) is 12.8 Å². The topological polar surface area (TPSA) is 172 Å². The predicted octanol–water partition coefficient (Wildman–Crippen LogP) is 17.8. The van der Waals surface area contributed by atoms with Crippen molar-refractivity contribution in [3.8, 4) is 0 Å². The van der Waals surface area contributed by atoms with Gasteiger partial charge in [-0.1, -0.05) is 296 Å². The molecule has 0 amide bonds. The van der Waals surface area contributed by atoms with Crippen LogP contribution in [0.5, 0.6) is 0 Å². The maximum atomic E-state index is 12.8. The molecular formula is C58H114NO10P. The number of phosphoric acid groups is 1. The average Bonchev–Trinajstić information content (AvgIpc) is 3.34. The van der Waals surface area contributed by atoms with E-state index in [0.29, 0.717) is 12.8 Å². The summed E-state index contributed by atoms with van der Waals surface area (Å²) in [4.78, 5) is 46.4. The van der Waals surface area contributed by atoms with Crippen molar-refractivity contribution >= 4 is 25.7 Å². The standard InChI is InChI=1S/C58H114NO10P/c1-3-5-7-9-11-13-15-17-19-21-23-25-27-29-31-33-35-37-39-41-43-45-47-49-56(60)66-51-54(52-67-70(64,65)68-53-55(59)58(62)63)69-57(61)50-48-46-44-42-40-38-36-34-32-30-28-26-24-22-20-18-16-14-12-10-8-6-4-2/h54-55H,3-53,59H2,1-2H3,(H,62,63)(H,64,65)/t54-,55+/m1/s1. The van der Waals surface area contributed by atoms with Crippen molar-refractivity contribution < 1.29 is 47.5 Å². The number of carboxylic acid groups (broad SMARTS) is 1. The van der Waals surface area contributed by atoms with Crippen LogP contribution < -0.4 is 5.73 Å². The minimum Gasteiger partial charge on any atom is -0.480 e. The van der Waals surface area contributed by atoms with Gasteiger partial charge in [-0.15, -0.1) is 0 Å². The van der Waals surface area contributed by atoms with Crippen molar-refractivity contribution in [1.29, 1.82) is 0 Å². The van der Waals surface area contributed by atoms with Crippen molar-refractivity contribution in [3.05, 3.63) is 0 Å². The molecule has 416 valence electrons. The second-order valence-electron chi connectivity index (χ2n) is 20.9. The molecule has 0 saturated carbocycles. The Morgan fingerprint density at radius 2 is 0.629 bits per heavy atom. The first-order valence-corrected chi connectivity index (χ1v) is 31.6. The largest absolute Gasteiger partial charge is 0.480 e. The Hall–Kier alpha value is -1.52. The zero-order chi connectivity index (χ0) is 51.3. The maximum Gasteiger partial charge on any atom is 0.472 e. The third-order valence-corrected chi connectivity index (χ3v) is 14.8. The van der Waals surface area contributed by atoms with Gasteiger partial charge in [0.15, 0.2) is 6.10 Å². The second kappa shape index (κ2) is 53.8. The molecule has 0 aromatic heterocycles. The highest BCUT2D eigenvalue weighted by Crippen LogP contribution is 2.43. The Kier molecular flexibility index (Phi) is 52.6. The molecule has 0 aromatic carbocycles. The molecule has 0 saturated heterocycles. The van der Waals surface area contributed by atoms with Crippen LogP contribution in [0.2, 0.25) is 0 Å². The second-order valence-corrected chi connectivity index (χ2v) is 22.3. The summed E-state index contributed by atoms with van der Waals surface area (Å²) in [5, 5.41) is 8.95. The molecule has 70 heavy (non-hydrogen) atoms. The van der Waals surface area contributed by atoms with E-state index >= 15 is 0 Å². The van der Waals surface area contributed by atoms with E-state index < -0.39 is 51.1 Å². The summed E-state index contributed by atoms with van der Waals surface area (Å²) in [6.45, 7) is 2.90. The van der Waals surface area contributed by atoms with Crippen LogP contribution in [-0.4, -0.2) is 59.9 Å². The first-order valence-electron chi connectivity index (χ1n) is 30.1. The molecule has 0 fully saturated rings. The fourth-order valence-electron chi connectivity index (χ4n) is 9.19. The van der Waals surface area contributed by atoms with Gasteiger partial charge in [0, 0.05) is 12.8 Å². The Morgan fingerprint density at radius 3 is 0.900 bits per heavy atom. The Morgan fingerprint density at radius 1 is 0.386 bits per heavy atom. The average molecular weight is 1020 g/mol. The number of rotatable bonds is 58. The first kappa shape index (κ1) is 68.5. The van der Waals surface area contributed by atoms with Gasteiger partial charge in [0.2, 0.25) is 0 Å². The van der Waals surface area contributed by atoms with E-state index in [1.165, 1.54) is 244 Å². The molecule has 0 spiro atoms. The number of carbonyl (C=O) groups excluding carboxylic acids is 2. The number of hydrogen-bond donors (Lipinski definition) is 3. The van der Waals surface area contributed by atoms with Crippen LogP contribution in [0.1, 0.15) is 322 Å². The summed E-state index contributed by atoms with van der Waals surface area (Å²) in [6.07, 6.45) is 59.0. The zero-order valence-electron chi connectivity index (χ0n) is 45.9. The van der Waals surface area contributed by atoms with E-state index in [9.17, 15) is 23.8 Å². The molecule has 11 nitrogen and oxygen atoms in total. The summed E-state index contributed by atoms with van der Waals surface area (Å²) in [5.74, 6) is -2.34. The quantitative estimate of drug-likeness (QED) is 0.0301. The molecular weight excluding hydrogens is 902 g/mol. The number of phosphoric ester groups is 1. The van der Waals surface area contributed by atoms with Crippen LogP contribution in [0.15, 0.2) is 0 Å². The summed E-state index contributed by atoms with van der Waals surface area (Å²) in [6, 6.07) is -1.52. The fourth-order valence-corrected chi connectivity index (χ4v) is 9.97. The highest BCUT2D eigenvalue weighted by atomic mass is 31.2. The summed E-state index contributed by atoms with van der Waals surface area (Å²) in [7, 11) is -4.72. The van der Waals surface area contributed by atoms with E-state index in [1.54, 1.807) is 0 Å². The molecule has 0 aliphatic rings. The SMILES string of the molecule is CCCCCCCCCCCCCCCCCCCCCCCCCC(=O)OC[C@H](COP(=O)(O)OC[C@H](N)C(=O)O)OC(=O)CCCCCCCCCCCCCCCCCCCCCCCCC. The van der Waals surface area contributed by atoms with E-state index in [4.69, 9.17) is 29.4 Å². The molecule has 0 radical (unpaired) electrons. The van der Waals surface area contributed by atoms with Crippen LogP contribution in [0.25, 0.3) is 0 Å². The maximum absolute atomic E-state index is 12.8. The molecule has 0 heterocycles. The molecule has 0 rings (SSSR count). The molecule has 4 N–H and O–H groups in total. The van der Waals surface area contributed by atoms with Gasteiger partial charge in [0.05, 0.1) is 13.2 Å². The highest BCUT2D eigenvalue weighted by Gasteiger charge is 2.28. The van der Waals surface area contributed by atoms with Gasteiger partial charge < -0.3 is 25.2 Å². The summed E-state index contributed by atoms with van der Waals surface area (Å²) in [5.41, 5.74) is 5.37. The van der Waals surface area contributed by atoms with Crippen molar-refractivity contribution in [2.45, 2.75) is 334 Å². The van der Waals surface area contributed by atoms with Crippen LogP contribution in [0, 0.1) is 0 Å². The van der Waals surface area contributed by atoms with Gasteiger partial charge in [0.1, 0.15) is 12.6 Å². The molecule has 1 unspecified atom stereocenters. The van der Waals surface area contributed by atoms with Crippen LogP contribution >= 0.6 is 7.82 Å². The normalized spacial score (nSPS) is 13.3. The number of nitrogens with two attached hydrogens (primary N) is 1. The van der Waals surface area contributed by atoms with Gasteiger partial charge in [-0.3, -0.25) is 23.4 Å². The number of carbonyl (C=O) groups is 3. The lowest BCUT2D eigenvalue weighted by atomic mass is 10.0. The molecule has 12 heteroatoms. The Bertz CT molecular complexity index is 1190. The first-order chi connectivity index (χ1) is 34.1. The van der Waals surface area contributed by atoms with Gasteiger partial charge in [-0.2, -0.15) is 0 Å². The number of hydrogen-bond acceptors (Lipinski definition) is 9. The number of unbranched alkanes of at least 4 members (excludes halogenated alkanes) is 44. The van der Waals surface area contributed by atoms with Crippen molar-refractivity contribution in [2.24, 2.45) is 5.73 Å². The van der Waals surface area contributed by atoms with Gasteiger partial charge in [-0.25, -0.2) is 4.57 Å². The number of ether oxygens (including phenoxy) is 2. The van der Waals surface area contributed by atoms with Crippen molar-refractivity contribution in [1.82, 2.24) is 0 Å². The van der Waals surface area contributed by atoms with Gasteiger partial charge >= 0.3 is 25.7 Å². The van der Waals surface area contributed by atoms with Crippen LogP contribution in [0.3, 0.4) is 0 Å². The highest BCUT2D eigenvalue weighted by molar-refractivity contribution is 7.47. The smallest absolute Gasteiger partial charge is 0.472 e. The predicted molar refractivity (Wildman–Crippen MR) is 291 cm³/mol. The Balaban J connectivity index is 4.08. The van der Waals surface area contributed by atoms with E-state index in [0.717, 1.165) is 38.5 Å². The lowest BCUT2D eigenvalue weighted by molar-refractivity contribution is -0.161. The van der Waals surface area contributed by atoms with Crippen LogP contribution in [0.4, 0.5) is 0 Å². The lowest BCUT2D eigenvalue weighted by Crippen LogP contribution is -2.34. The third kappa shape index (κ3) is 52.8. The minimum absolute atomic E-state index is 0.171. The van der Waals surface area contributed by atoms with Crippen molar-refractivity contribution in [2.75, 3.05) is 19.8 Å². The molecule has 0 aliphatic carbocycles. The van der Waals surface area contributed by atoms with E-state index in [-0.39, 0.29) is 19.4 Å². The Labute approximate surface area is 431 Å². The number of esters is 2. The molecule has 0 bridgehead atoms. The molecule has 0 aliphatic heterocycles. The van der Waals surface area contributed by atoms with E-state index in [2.05, 4.69) is 13.8 Å². The van der Waals surface area contributed by atoms with Crippen molar-refractivity contribution in [3.63, 3.8) is 0 Å². The summed E-state index contributed by atoms with van der Waals surface area (Å²) >= 11 is 0. The van der Waals surface area contributed by atoms with Gasteiger partial charge in [0.25, 0.3) is 0 Å². The number of aliphatic carboxylic acids is 1. The zero-order valence-corrected chi connectivity index (χ0v) is 46.8.